The van der Waals surface area contributed by atoms with Crippen molar-refractivity contribution in [1.29, 1.82) is 0 Å². The summed E-state index contributed by atoms with van der Waals surface area (Å²) in [5, 5.41) is 0. The van der Waals surface area contributed by atoms with Gasteiger partial charge in [0, 0.05) is 0 Å². The second-order valence-electron chi connectivity index (χ2n) is 0.408. The van der Waals surface area contributed by atoms with E-state index in [1.807, 2.05) is 0 Å². The Morgan fingerprint density at radius 3 is 1.17 bits per heavy atom. The molecule has 0 aromatic carbocycles. The Bertz CT molecular complexity index is 90.7. The van der Waals surface area contributed by atoms with Crippen molar-refractivity contribution < 1.29 is 26.9 Å². The Morgan fingerprint density at radius 1 is 1.17 bits per heavy atom. The van der Waals surface area contributed by atoms with Crippen LogP contribution in [0.1, 0.15) is 0 Å². The van der Waals surface area contributed by atoms with Crippen LogP contribution in [0.5, 0.6) is 0 Å². The zero-order valence-corrected chi connectivity index (χ0v) is 9.80. The molecule has 6 heteroatoms. The quantitative estimate of drug-likeness (QED) is 0.467. The van der Waals surface area contributed by atoms with Gasteiger partial charge in [-0.2, -0.15) is 0 Å². The summed E-state index contributed by atoms with van der Waals surface area (Å²) in [6.07, 6.45) is 0. The first-order valence-corrected chi connectivity index (χ1v) is 16.4. The van der Waals surface area contributed by atoms with Gasteiger partial charge in [-0.1, -0.05) is 0 Å². The molecule has 0 aliphatic carbocycles. The molecule has 0 nitrogen and oxygen atoms in total. The summed E-state index contributed by atoms with van der Waals surface area (Å²) in [7, 11) is 15.1. The molecule has 37 valence electrons. The van der Waals surface area contributed by atoms with E-state index in [2.05, 4.69) is 40.3 Å². The van der Waals surface area contributed by atoms with Gasteiger partial charge in [0.1, 0.15) is 0 Å². The van der Waals surface area contributed by atoms with Gasteiger partial charge in [-0.25, -0.2) is 0 Å². The number of hydrogen-bond acceptors (Lipinski definition) is 4. The third-order valence-electron chi connectivity index (χ3n) is 0. The average molecular weight is 367 g/mol. The van der Waals surface area contributed by atoms with Gasteiger partial charge in [0.05, 0.1) is 0 Å². The van der Waals surface area contributed by atoms with Crippen molar-refractivity contribution in [2.75, 3.05) is 0 Å². The predicted molar refractivity (Wildman–Crippen MR) is 29.9 cm³/mol. The van der Waals surface area contributed by atoms with E-state index in [4.69, 9.17) is 0 Å². The monoisotopic (exact) mass is 367 g/mol. The van der Waals surface area contributed by atoms with Crippen LogP contribution in [0.4, 0.5) is 0 Å². The molecule has 0 aromatic heterocycles. The summed E-state index contributed by atoms with van der Waals surface area (Å²) in [6.45, 7) is 0. The van der Waals surface area contributed by atoms with E-state index >= 15 is 0 Å². The van der Waals surface area contributed by atoms with E-state index in [0.717, 1.165) is 0 Å². The van der Waals surface area contributed by atoms with Crippen molar-refractivity contribution in [2.45, 2.75) is 0 Å². The molecule has 6 heavy (non-hydrogen) atoms. The third kappa shape index (κ3) is 32.9. The van der Waals surface area contributed by atoms with Crippen molar-refractivity contribution >= 4 is 40.3 Å². The molecule has 0 spiro atoms. The average Bonchev–Trinajstić information content (AvgIpc) is 0.722. The van der Waals surface area contributed by atoms with Crippen LogP contribution in [0.3, 0.4) is 0 Å². The normalized spacial score (nSPS) is 9.67. The van der Waals surface area contributed by atoms with Gasteiger partial charge in [0.15, 0.2) is 0 Å². The fourth-order valence-corrected chi connectivity index (χ4v) is 0. The van der Waals surface area contributed by atoms with E-state index in [-0.39, 0.29) is 17.1 Å². The first kappa shape index (κ1) is 11.2. The van der Waals surface area contributed by atoms with Crippen LogP contribution in [-0.2, 0) is 47.6 Å². The molecular formula is MnS4W. The first-order valence-electron chi connectivity index (χ1n) is 0.667. The molecular weight excluding hydrogens is 367 g/mol. The van der Waals surface area contributed by atoms with Crippen molar-refractivity contribution in [3.63, 3.8) is 0 Å². The summed E-state index contributed by atoms with van der Waals surface area (Å²) < 4.78 is 0. The molecule has 1 radical (unpaired) electrons. The van der Waals surface area contributed by atoms with Crippen LogP contribution < -0.4 is 0 Å². The number of rotatable bonds is 0. The third-order valence-corrected chi connectivity index (χ3v) is 0. The molecule has 0 saturated heterocycles. The van der Waals surface area contributed by atoms with Crippen molar-refractivity contribution in [3.8, 4) is 0 Å². The van der Waals surface area contributed by atoms with E-state index in [1.165, 1.54) is 0 Å². The van der Waals surface area contributed by atoms with Gasteiger partial charge in [0.2, 0.25) is 0 Å². The first-order chi connectivity index (χ1) is 2.00. The maximum atomic E-state index is 4.48. The molecule has 0 saturated carbocycles. The molecule has 0 bridgehead atoms. The Morgan fingerprint density at radius 2 is 1.17 bits per heavy atom. The summed E-state index contributed by atoms with van der Waals surface area (Å²) in [5.74, 6) is 0. The Balaban J connectivity index is 0. The molecule has 0 aliphatic heterocycles. The van der Waals surface area contributed by atoms with Crippen LogP contribution in [-0.4, -0.2) is 0 Å². The van der Waals surface area contributed by atoms with Crippen LogP contribution in [0.25, 0.3) is 0 Å². The molecule has 0 heterocycles. The van der Waals surface area contributed by atoms with Crippen molar-refractivity contribution in [1.82, 2.24) is 0 Å². The van der Waals surface area contributed by atoms with Gasteiger partial charge in [-0.05, 0) is 0 Å². The van der Waals surface area contributed by atoms with Crippen LogP contribution in [0, 0.1) is 0 Å². The molecule has 0 amide bonds. The van der Waals surface area contributed by atoms with Crippen molar-refractivity contribution in [3.05, 3.63) is 0 Å². The number of hydrogen-bond donors (Lipinski definition) is 0. The van der Waals surface area contributed by atoms with E-state index in [9.17, 15) is 0 Å². The fourth-order valence-electron chi connectivity index (χ4n) is 0. The molecule has 0 aromatic rings. The Labute approximate surface area is 66.3 Å². The van der Waals surface area contributed by atoms with Crippen LogP contribution in [0.15, 0.2) is 0 Å². The summed E-state index contributed by atoms with van der Waals surface area (Å²) >= 11 is 0. The van der Waals surface area contributed by atoms with E-state index < -0.39 is 9.86 Å². The standard InChI is InChI=1S/Mn.4S.W/q+2;;;2*-1;. The zero-order chi connectivity index (χ0) is 4.50. The summed E-state index contributed by atoms with van der Waals surface area (Å²) in [6, 6.07) is 0. The Kier molecular flexibility index (Phi) is 7.92. The maximum absolute atomic E-state index is 4.48. The summed E-state index contributed by atoms with van der Waals surface area (Å²) in [5.41, 5.74) is 0. The molecule has 0 rings (SSSR count). The van der Waals surface area contributed by atoms with E-state index in [0.29, 0.717) is 0 Å². The fraction of sp³-hybridized carbons (Fsp3) is 0. The van der Waals surface area contributed by atoms with Gasteiger partial charge < -0.3 is 0 Å². The second-order valence-corrected chi connectivity index (χ2v) is 30.1. The predicted octanol–water partition coefficient (Wildman–Crippen LogP) is 1.29. The van der Waals surface area contributed by atoms with Gasteiger partial charge in [-0.3, -0.25) is 0 Å². The molecule has 0 fully saturated rings. The van der Waals surface area contributed by atoms with Gasteiger partial charge in [-0.15, -0.1) is 0 Å². The van der Waals surface area contributed by atoms with Gasteiger partial charge in [0.25, 0.3) is 0 Å². The molecule has 0 unspecified atom stereocenters. The minimum atomic E-state index is -2.83. The Hall–Kier alpha value is 2.35. The topological polar surface area (TPSA) is 0 Å². The molecule has 0 atom stereocenters. The molecule has 0 aliphatic rings. The second kappa shape index (κ2) is 4.25. The van der Waals surface area contributed by atoms with Crippen LogP contribution in [0.2, 0.25) is 0 Å². The SMILES string of the molecule is [Mn+2].[S]=[W](=[S])([S-])[S-]. The molecule has 0 N–H and O–H groups in total. The van der Waals surface area contributed by atoms with Gasteiger partial charge >= 0.3 is 67.2 Å². The van der Waals surface area contributed by atoms with E-state index in [1.54, 1.807) is 0 Å². The zero-order valence-electron chi connectivity index (χ0n) is 2.42. The summed E-state index contributed by atoms with van der Waals surface area (Å²) in [4.78, 5) is 0. The van der Waals surface area contributed by atoms with Crippen LogP contribution >= 0.6 is 19.6 Å². The minimum absolute atomic E-state index is 0. The van der Waals surface area contributed by atoms with Crippen molar-refractivity contribution in [2.24, 2.45) is 0 Å².